The predicted octanol–water partition coefficient (Wildman–Crippen LogP) is 0.514. The van der Waals surface area contributed by atoms with E-state index in [1.807, 2.05) is 0 Å². The average molecular weight is 236 g/mol. The van der Waals surface area contributed by atoms with Crippen molar-refractivity contribution in [3.05, 3.63) is 11.2 Å². The van der Waals surface area contributed by atoms with E-state index < -0.39 is 10.0 Å². The third kappa shape index (κ3) is 1.77. The van der Waals surface area contributed by atoms with Gasteiger partial charge in [0.2, 0.25) is 0 Å². The van der Waals surface area contributed by atoms with Crippen LogP contribution in [-0.2, 0) is 17.1 Å². The monoisotopic (exact) mass is 235 g/mol. The summed E-state index contributed by atoms with van der Waals surface area (Å²) < 4.78 is 27.3. The molecule has 0 unspecified atom stereocenters. The van der Waals surface area contributed by atoms with Crippen LogP contribution >= 0.6 is 11.6 Å². The molecule has 78 valence electrons. The van der Waals surface area contributed by atoms with E-state index in [2.05, 4.69) is 9.82 Å². The van der Waals surface area contributed by atoms with E-state index in [1.54, 1.807) is 7.05 Å². The zero-order chi connectivity index (χ0) is 10.3. The van der Waals surface area contributed by atoms with Crippen LogP contribution in [0.1, 0.15) is 12.8 Å². The summed E-state index contributed by atoms with van der Waals surface area (Å²) in [4.78, 5) is 0. The lowest BCUT2D eigenvalue weighted by atomic mass is 10.7. The number of nitrogens with zero attached hydrogens (tertiary/aromatic N) is 2. The largest absolute Gasteiger partial charge is 0.259 e. The molecule has 7 heteroatoms. The standard InChI is InChI=1S/C7H10ClN3O2S/c1-11-7(6(8)4-9-11)14(12,13)10-5-2-3-5/h4-5,10H,2-3H2,1H3. The fourth-order valence-electron chi connectivity index (χ4n) is 1.18. The van der Waals surface area contributed by atoms with Gasteiger partial charge >= 0.3 is 0 Å². The minimum atomic E-state index is -3.50. The highest BCUT2D eigenvalue weighted by Gasteiger charge is 2.31. The summed E-state index contributed by atoms with van der Waals surface area (Å²) in [6, 6.07) is 0.0750. The van der Waals surface area contributed by atoms with Crippen molar-refractivity contribution in [3.8, 4) is 0 Å². The number of rotatable bonds is 3. The molecule has 2 rings (SSSR count). The third-order valence-electron chi connectivity index (χ3n) is 2.00. The number of hydrogen-bond donors (Lipinski definition) is 1. The van der Waals surface area contributed by atoms with Gasteiger partial charge < -0.3 is 0 Å². The Balaban J connectivity index is 2.36. The van der Waals surface area contributed by atoms with Gasteiger partial charge in [-0.15, -0.1) is 0 Å². The summed E-state index contributed by atoms with van der Waals surface area (Å²) in [5.74, 6) is 0. The molecule has 5 nitrogen and oxygen atoms in total. The fourth-order valence-corrected chi connectivity index (χ4v) is 3.14. The van der Waals surface area contributed by atoms with Gasteiger partial charge in [-0.05, 0) is 12.8 Å². The molecule has 0 atom stereocenters. The van der Waals surface area contributed by atoms with Gasteiger partial charge in [-0.3, -0.25) is 4.68 Å². The maximum atomic E-state index is 11.7. The molecule has 1 heterocycles. The van der Waals surface area contributed by atoms with Crippen LogP contribution in [0, 0.1) is 0 Å². The van der Waals surface area contributed by atoms with Crippen molar-refractivity contribution in [2.24, 2.45) is 7.05 Å². The SMILES string of the molecule is Cn1ncc(Cl)c1S(=O)(=O)NC1CC1. The number of aryl methyl sites for hydroxylation is 1. The van der Waals surface area contributed by atoms with Crippen LogP contribution in [0.3, 0.4) is 0 Å². The minimum Gasteiger partial charge on any atom is -0.255 e. The normalized spacial score (nSPS) is 17.3. The molecule has 1 N–H and O–H groups in total. The summed E-state index contributed by atoms with van der Waals surface area (Å²) in [7, 11) is -1.95. The predicted molar refractivity (Wildman–Crippen MR) is 51.6 cm³/mol. The zero-order valence-corrected chi connectivity index (χ0v) is 9.14. The first-order chi connectivity index (χ1) is 6.50. The van der Waals surface area contributed by atoms with Gasteiger partial charge in [0.25, 0.3) is 10.0 Å². The van der Waals surface area contributed by atoms with Crippen molar-refractivity contribution in [1.29, 1.82) is 0 Å². The van der Waals surface area contributed by atoms with Crippen molar-refractivity contribution in [2.75, 3.05) is 0 Å². The van der Waals surface area contributed by atoms with E-state index in [1.165, 1.54) is 10.9 Å². The number of halogens is 1. The summed E-state index contributed by atoms with van der Waals surface area (Å²) in [6.07, 6.45) is 3.12. The smallest absolute Gasteiger partial charge is 0.255 e. The highest BCUT2D eigenvalue weighted by molar-refractivity contribution is 7.89. The number of nitrogens with one attached hydrogen (secondary N) is 1. The second-order valence-electron chi connectivity index (χ2n) is 3.32. The van der Waals surface area contributed by atoms with Crippen molar-refractivity contribution in [3.63, 3.8) is 0 Å². The Hall–Kier alpha value is -0.590. The Bertz CT molecular complexity index is 430. The molecule has 1 aliphatic carbocycles. The molecule has 1 fully saturated rings. The lowest BCUT2D eigenvalue weighted by molar-refractivity contribution is 0.562. The molecule has 0 saturated heterocycles. The van der Waals surface area contributed by atoms with Gasteiger partial charge in [-0.1, -0.05) is 11.6 Å². The van der Waals surface area contributed by atoms with Crippen LogP contribution in [-0.4, -0.2) is 24.2 Å². The van der Waals surface area contributed by atoms with Crippen LogP contribution in [0.5, 0.6) is 0 Å². The Labute approximate surface area is 87.1 Å². The minimum absolute atomic E-state index is 0.0334. The van der Waals surface area contributed by atoms with Crippen molar-refractivity contribution in [1.82, 2.24) is 14.5 Å². The molecule has 1 saturated carbocycles. The van der Waals surface area contributed by atoms with Gasteiger partial charge in [0.15, 0.2) is 5.03 Å². The molecule has 1 aromatic heterocycles. The Morgan fingerprint density at radius 1 is 1.64 bits per heavy atom. The summed E-state index contributed by atoms with van der Waals surface area (Å²) >= 11 is 5.73. The molecule has 1 aromatic rings. The number of hydrogen-bond acceptors (Lipinski definition) is 3. The number of aromatic nitrogens is 2. The topological polar surface area (TPSA) is 64.0 Å². The van der Waals surface area contributed by atoms with Gasteiger partial charge in [-0.25, -0.2) is 13.1 Å². The van der Waals surface area contributed by atoms with Crippen LogP contribution in [0.25, 0.3) is 0 Å². The maximum Gasteiger partial charge on any atom is 0.259 e. The van der Waals surface area contributed by atoms with Gasteiger partial charge in [0.1, 0.15) is 0 Å². The van der Waals surface area contributed by atoms with E-state index in [9.17, 15) is 8.42 Å². The van der Waals surface area contributed by atoms with Gasteiger partial charge in [0.05, 0.1) is 11.2 Å². The Morgan fingerprint density at radius 2 is 2.29 bits per heavy atom. The summed E-state index contributed by atoms with van der Waals surface area (Å²) in [5.41, 5.74) is 0. The van der Waals surface area contributed by atoms with Crippen LogP contribution < -0.4 is 4.72 Å². The zero-order valence-electron chi connectivity index (χ0n) is 7.57. The second kappa shape index (κ2) is 3.22. The summed E-state index contributed by atoms with van der Waals surface area (Å²) in [6.45, 7) is 0. The fraction of sp³-hybridized carbons (Fsp3) is 0.571. The first-order valence-corrected chi connectivity index (χ1v) is 6.06. The molecule has 0 aliphatic heterocycles. The lowest BCUT2D eigenvalue weighted by Gasteiger charge is -2.05. The maximum absolute atomic E-state index is 11.7. The highest BCUT2D eigenvalue weighted by atomic mass is 35.5. The molecule has 0 spiro atoms. The van der Waals surface area contributed by atoms with E-state index >= 15 is 0 Å². The molecule has 0 aromatic carbocycles. The molecule has 1 aliphatic rings. The number of sulfonamides is 1. The van der Waals surface area contributed by atoms with Crippen molar-refractivity contribution < 1.29 is 8.42 Å². The quantitative estimate of drug-likeness (QED) is 0.831. The Morgan fingerprint density at radius 3 is 2.71 bits per heavy atom. The van der Waals surface area contributed by atoms with E-state index in [-0.39, 0.29) is 16.1 Å². The average Bonchev–Trinajstić information content (AvgIpc) is 2.77. The van der Waals surface area contributed by atoms with E-state index in [0.717, 1.165) is 12.8 Å². The molecule has 0 bridgehead atoms. The molecule has 14 heavy (non-hydrogen) atoms. The molecule has 0 radical (unpaired) electrons. The first kappa shape index (κ1) is 9.95. The second-order valence-corrected chi connectivity index (χ2v) is 5.35. The Kier molecular flexibility index (Phi) is 2.29. The molecular weight excluding hydrogens is 226 g/mol. The van der Waals surface area contributed by atoms with Crippen LogP contribution in [0.2, 0.25) is 5.02 Å². The van der Waals surface area contributed by atoms with Crippen molar-refractivity contribution >= 4 is 21.6 Å². The summed E-state index contributed by atoms with van der Waals surface area (Å²) in [5, 5.41) is 3.96. The van der Waals surface area contributed by atoms with Crippen molar-refractivity contribution in [2.45, 2.75) is 23.9 Å². The molecular formula is C7H10ClN3O2S. The van der Waals surface area contributed by atoms with Crippen LogP contribution in [0.4, 0.5) is 0 Å². The van der Waals surface area contributed by atoms with Gasteiger partial charge in [0, 0.05) is 13.1 Å². The van der Waals surface area contributed by atoms with E-state index in [0.29, 0.717) is 0 Å². The van der Waals surface area contributed by atoms with Gasteiger partial charge in [-0.2, -0.15) is 5.10 Å². The lowest BCUT2D eigenvalue weighted by Crippen LogP contribution is -2.27. The highest BCUT2D eigenvalue weighted by Crippen LogP contribution is 2.25. The molecule has 0 amide bonds. The first-order valence-electron chi connectivity index (χ1n) is 4.20. The van der Waals surface area contributed by atoms with Crippen LogP contribution in [0.15, 0.2) is 11.2 Å². The third-order valence-corrected chi connectivity index (χ3v) is 4.02. The van der Waals surface area contributed by atoms with E-state index in [4.69, 9.17) is 11.6 Å².